The molecule has 3 aromatic rings. The SMILES string of the molecule is Cc1ccc2nc(N3CCSc4ccccc4C3)nc(N)c2c1. The Kier molecular flexibility index (Phi) is 3.58. The average molecular weight is 322 g/mol. The van der Waals surface area contributed by atoms with E-state index in [9.17, 15) is 0 Å². The number of aryl methyl sites for hydroxylation is 1. The summed E-state index contributed by atoms with van der Waals surface area (Å²) >= 11 is 1.89. The van der Waals surface area contributed by atoms with Crippen LogP contribution in [0.4, 0.5) is 11.8 Å². The van der Waals surface area contributed by atoms with E-state index < -0.39 is 0 Å². The molecule has 0 amide bonds. The summed E-state index contributed by atoms with van der Waals surface area (Å²) in [6, 6.07) is 14.7. The fourth-order valence-electron chi connectivity index (χ4n) is 2.89. The van der Waals surface area contributed by atoms with Gasteiger partial charge in [0.1, 0.15) is 5.82 Å². The van der Waals surface area contributed by atoms with Crippen LogP contribution in [0, 0.1) is 6.92 Å². The molecule has 0 atom stereocenters. The summed E-state index contributed by atoms with van der Waals surface area (Å²) in [5.41, 5.74) is 9.58. The van der Waals surface area contributed by atoms with Crippen molar-refractivity contribution < 1.29 is 0 Å². The van der Waals surface area contributed by atoms with E-state index in [1.165, 1.54) is 16.0 Å². The molecule has 1 aliphatic heterocycles. The third kappa shape index (κ3) is 2.72. The molecule has 5 heteroatoms. The molecule has 0 fully saturated rings. The minimum Gasteiger partial charge on any atom is -0.383 e. The van der Waals surface area contributed by atoms with Gasteiger partial charge in [0.15, 0.2) is 0 Å². The van der Waals surface area contributed by atoms with Crippen LogP contribution >= 0.6 is 11.8 Å². The van der Waals surface area contributed by atoms with Gasteiger partial charge in [-0.25, -0.2) is 4.98 Å². The molecule has 0 unspecified atom stereocenters. The first-order valence-electron chi connectivity index (χ1n) is 7.70. The van der Waals surface area contributed by atoms with Crippen molar-refractivity contribution in [3.8, 4) is 0 Å². The molecular formula is C18H18N4S. The van der Waals surface area contributed by atoms with Gasteiger partial charge < -0.3 is 10.6 Å². The fraction of sp³-hybridized carbons (Fsp3) is 0.222. The number of nitrogens with two attached hydrogens (primary N) is 1. The summed E-state index contributed by atoms with van der Waals surface area (Å²) in [4.78, 5) is 12.9. The zero-order valence-electron chi connectivity index (χ0n) is 13.0. The molecule has 2 N–H and O–H groups in total. The maximum atomic E-state index is 6.18. The zero-order valence-corrected chi connectivity index (χ0v) is 13.8. The Balaban J connectivity index is 1.75. The van der Waals surface area contributed by atoms with E-state index >= 15 is 0 Å². The van der Waals surface area contributed by atoms with E-state index in [1.54, 1.807) is 0 Å². The van der Waals surface area contributed by atoms with Crippen molar-refractivity contribution in [1.29, 1.82) is 0 Å². The molecule has 1 aromatic heterocycles. The maximum absolute atomic E-state index is 6.18. The van der Waals surface area contributed by atoms with Gasteiger partial charge in [-0.05, 0) is 30.7 Å². The average Bonchev–Trinajstić information content (AvgIpc) is 2.77. The highest BCUT2D eigenvalue weighted by Crippen LogP contribution is 2.30. The van der Waals surface area contributed by atoms with Crippen LogP contribution in [-0.4, -0.2) is 22.3 Å². The smallest absolute Gasteiger partial charge is 0.228 e. The monoisotopic (exact) mass is 322 g/mol. The number of rotatable bonds is 1. The first-order valence-corrected chi connectivity index (χ1v) is 8.69. The molecule has 4 nitrogen and oxygen atoms in total. The summed E-state index contributed by atoms with van der Waals surface area (Å²) < 4.78 is 0. The molecule has 1 aliphatic rings. The Hall–Kier alpha value is -2.27. The standard InChI is InChI=1S/C18H18N4S/c1-12-6-7-15-14(10-12)17(19)21-18(20-15)22-8-9-23-16-5-3-2-4-13(16)11-22/h2-7,10H,8-9,11H2,1H3,(H2,19,20,21). The second kappa shape index (κ2) is 5.74. The van der Waals surface area contributed by atoms with Crippen molar-refractivity contribution in [1.82, 2.24) is 9.97 Å². The topological polar surface area (TPSA) is 55.0 Å². The van der Waals surface area contributed by atoms with Crippen molar-refractivity contribution in [3.05, 3.63) is 53.6 Å². The number of hydrogen-bond acceptors (Lipinski definition) is 5. The second-order valence-electron chi connectivity index (χ2n) is 5.81. The maximum Gasteiger partial charge on any atom is 0.228 e. The number of nitrogens with zero attached hydrogens (tertiary/aromatic N) is 3. The van der Waals surface area contributed by atoms with Crippen LogP contribution in [0.25, 0.3) is 10.9 Å². The van der Waals surface area contributed by atoms with E-state index in [2.05, 4.69) is 47.1 Å². The third-order valence-corrected chi connectivity index (χ3v) is 5.20. The highest BCUT2D eigenvalue weighted by molar-refractivity contribution is 7.99. The minimum atomic E-state index is 0.555. The Bertz CT molecular complexity index is 878. The molecule has 0 bridgehead atoms. The Morgan fingerprint density at radius 2 is 2.00 bits per heavy atom. The number of thioether (sulfide) groups is 1. The number of hydrogen-bond donors (Lipinski definition) is 1. The molecule has 0 saturated heterocycles. The normalized spacial score (nSPS) is 14.6. The number of nitrogen functional groups attached to an aromatic ring is 1. The van der Waals surface area contributed by atoms with Crippen molar-refractivity contribution in [3.63, 3.8) is 0 Å². The lowest BCUT2D eigenvalue weighted by Gasteiger charge is -2.21. The van der Waals surface area contributed by atoms with Gasteiger partial charge in [-0.3, -0.25) is 0 Å². The molecule has 0 spiro atoms. The molecule has 0 radical (unpaired) electrons. The van der Waals surface area contributed by atoms with E-state index in [-0.39, 0.29) is 0 Å². The van der Waals surface area contributed by atoms with Gasteiger partial charge in [-0.1, -0.05) is 29.8 Å². The molecule has 23 heavy (non-hydrogen) atoms. The largest absolute Gasteiger partial charge is 0.383 e. The van der Waals surface area contributed by atoms with Crippen LogP contribution < -0.4 is 10.6 Å². The lowest BCUT2D eigenvalue weighted by molar-refractivity contribution is 0.801. The molecule has 4 rings (SSSR count). The predicted octanol–water partition coefficient (Wildman–Crippen LogP) is 3.63. The van der Waals surface area contributed by atoms with E-state index in [4.69, 9.17) is 10.7 Å². The summed E-state index contributed by atoms with van der Waals surface area (Å²) in [5, 5.41) is 0.929. The van der Waals surface area contributed by atoms with Crippen LogP contribution in [0.3, 0.4) is 0 Å². The lowest BCUT2D eigenvalue weighted by atomic mass is 10.1. The van der Waals surface area contributed by atoms with Crippen molar-refractivity contribution in [2.75, 3.05) is 22.9 Å². The Morgan fingerprint density at radius 1 is 1.13 bits per heavy atom. The van der Waals surface area contributed by atoms with E-state index in [0.29, 0.717) is 5.82 Å². The van der Waals surface area contributed by atoms with Gasteiger partial charge in [0.2, 0.25) is 5.95 Å². The quantitative estimate of drug-likeness (QED) is 0.741. The van der Waals surface area contributed by atoms with Gasteiger partial charge in [0.25, 0.3) is 0 Å². The minimum absolute atomic E-state index is 0.555. The van der Waals surface area contributed by atoms with Gasteiger partial charge in [0, 0.05) is 29.1 Å². The zero-order chi connectivity index (χ0) is 15.8. The van der Waals surface area contributed by atoms with Crippen molar-refractivity contribution in [2.45, 2.75) is 18.4 Å². The van der Waals surface area contributed by atoms with Crippen LogP contribution in [0.15, 0.2) is 47.4 Å². The van der Waals surface area contributed by atoms with Gasteiger partial charge in [-0.2, -0.15) is 4.98 Å². The lowest BCUT2D eigenvalue weighted by Crippen LogP contribution is -2.26. The van der Waals surface area contributed by atoms with Gasteiger partial charge in [0.05, 0.1) is 5.52 Å². The highest BCUT2D eigenvalue weighted by Gasteiger charge is 2.18. The second-order valence-corrected chi connectivity index (χ2v) is 6.94. The Morgan fingerprint density at radius 3 is 2.91 bits per heavy atom. The highest BCUT2D eigenvalue weighted by atomic mass is 32.2. The summed E-state index contributed by atoms with van der Waals surface area (Å²) in [7, 11) is 0. The molecule has 116 valence electrons. The summed E-state index contributed by atoms with van der Waals surface area (Å²) in [6.07, 6.45) is 0. The number of aromatic nitrogens is 2. The van der Waals surface area contributed by atoms with Crippen LogP contribution in [-0.2, 0) is 6.54 Å². The molecule has 2 heterocycles. The first kappa shape index (κ1) is 14.3. The first-order chi connectivity index (χ1) is 11.2. The number of anilines is 2. The summed E-state index contributed by atoms with van der Waals surface area (Å²) in [6.45, 7) is 3.78. The number of benzene rings is 2. The molecule has 2 aromatic carbocycles. The van der Waals surface area contributed by atoms with Crippen LogP contribution in [0.2, 0.25) is 0 Å². The van der Waals surface area contributed by atoms with Crippen molar-refractivity contribution >= 4 is 34.4 Å². The van der Waals surface area contributed by atoms with Gasteiger partial charge in [-0.15, -0.1) is 11.8 Å². The summed E-state index contributed by atoms with van der Waals surface area (Å²) in [5.74, 6) is 2.29. The van der Waals surface area contributed by atoms with Crippen molar-refractivity contribution in [2.24, 2.45) is 0 Å². The predicted molar refractivity (Wildman–Crippen MR) is 96.9 cm³/mol. The third-order valence-electron chi connectivity index (χ3n) is 4.10. The molecule has 0 aliphatic carbocycles. The number of fused-ring (bicyclic) bond motifs is 2. The van der Waals surface area contributed by atoms with E-state index in [0.717, 1.165) is 35.7 Å². The fourth-order valence-corrected chi connectivity index (χ4v) is 3.92. The van der Waals surface area contributed by atoms with Gasteiger partial charge >= 0.3 is 0 Å². The molecular weight excluding hydrogens is 304 g/mol. The Labute approximate surface area is 139 Å². The van der Waals surface area contributed by atoms with E-state index in [1.807, 2.05) is 23.9 Å². The molecule has 0 saturated carbocycles. The van der Waals surface area contributed by atoms with Crippen LogP contribution in [0.1, 0.15) is 11.1 Å². The van der Waals surface area contributed by atoms with Crippen LogP contribution in [0.5, 0.6) is 0 Å².